The Balaban J connectivity index is 1.54. The van der Waals surface area contributed by atoms with Crippen molar-refractivity contribution in [3.8, 4) is 0 Å². The number of hydrogen-bond donors (Lipinski definition) is 2. The molecule has 28 heavy (non-hydrogen) atoms. The number of aryl methyl sites for hydroxylation is 1. The van der Waals surface area contributed by atoms with Crippen molar-refractivity contribution in [1.29, 1.82) is 0 Å². The minimum Gasteiger partial charge on any atom is -0.357 e. The zero-order valence-electron chi connectivity index (χ0n) is 17.6. The first-order chi connectivity index (χ1) is 13.6. The van der Waals surface area contributed by atoms with E-state index in [0.29, 0.717) is 6.54 Å². The van der Waals surface area contributed by atoms with Crippen LogP contribution in [0.25, 0.3) is 0 Å². The van der Waals surface area contributed by atoms with Crippen LogP contribution in [0.5, 0.6) is 0 Å². The van der Waals surface area contributed by atoms with Gasteiger partial charge in [0.2, 0.25) is 5.91 Å². The second-order valence-corrected chi connectivity index (χ2v) is 8.07. The van der Waals surface area contributed by atoms with Gasteiger partial charge in [0.25, 0.3) is 0 Å². The molecule has 3 heterocycles. The maximum absolute atomic E-state index is 12.2. The van der Waals surface area contributed by atoms with Crippen LogP contribution in [-0.2, 0) is 24.2 Å². The summed E-state index contributed by atoms with van der Waals surface area (Å²) in [7, 11) is 0. The van der Waals surface area contributed by atoms with Gasteiger partial charge in [-0.2, -0.15) is 0 Å². The number of carbonyl (C=O) groups excluding carboxylic acids is 1. The Morgan fingerprint density at radius 3 is 2.89 bits per heavy atom. The van der Waals surface area contributed by atoms with E-state index in [0.717, 1.165) is 63.0 Å². The van der Waals surface area contributed by atoms with Crippen LogP contribution >= 0.6 is 0 Å². The molecule has 1 aromatic rings. The van der Waals surface area contributed by atoms with Crippen molar-refractivity contribution in [3.63, 3.8) is 0 Å². The van der Waals surface area contributed by atoms with Crippen molar-refractivity contribution < 1.29 is 4.79 Å². The van der Waals surface area contributed by atoms with E-state index in [1.807, 2.05) is 18.7 Å². The van der Waals surface area contributed by atoms with Gasteiger partial charge < -0.3 is 20.1 Å². The van der Waals surface area contributed by atoms with E-state index in [4.69, 9.17) is 4.99 Å². The predicted octanol–water partition coefficient (Wildman–Crippen LogP) is 1.36. The lowest BCUT2D eigenvalue weighted by atomic mass is 10.2. The molecule has 0 spiro atoms. The molecular formula is C20H35N7O. The van der Waals surface area contributed by atoms with Gasteiger partial charge in [-0.1, -0.05) is 20.3 Å². The average molecular weight is 390 g/mol. The number of amides is 1. The van der Waals surface area contributed by atoms with Gasteiger partial charge in [0.1, 0.15) is 11.6 Å². The smallest absolute Gasteiger partial charge is 0.225 e. The van der Waals surface area contributed by atoms with Crippen molar-refractivity contribution in [2.24, 2.45) is 10.9 Å². The second kappa shape index (κ2) is 9.89. The summed E-state index contributed by atoms with van der Waals surface area (Å²) in [5, 5.41) is 15.6. The third-order valence-electron chi connectivity index (χ3n) is 5.47. The number of aromatic nitrogens is 3. The molecular weight excluding hydrogens is 354 g/mol. The van der Waals surface area contributed by atoms with Crippen molar-refractivity contribution in [3.05, 3.63) is 11.6 Å². The van der Waals surface area contributed by atoms with Gasteiger partial charge in [0.15, 0.2) is 5.96 Å². The number of likely N-dealkylation sites (tertiary alicyclic amines) is 1. The summed E-state index contributed by atoms with van der Waals surface area (Å²) in [6.07, 6.45) is 6.48. The molecule has 3 rings (SSSR count). The molecule has 0 saturated carbocycles. The third kappa shape index (κ3) is 5.23. The molecule has 1 amide bonds. The fourth-order valence-corrected chi connectivity index (χ4v) is 3.95. The number of rotatable bonds is 6. The lowest BCUT2D eigenvalue weighted by Crippen LogP contribution is -2.45. The summed E-state index contributed by atoms with van der Waals surface area (Å²) >= 11 is 0. The van der Waals surface area contributed by atoms with Gasteiger partial charge in [0, 0.05) is 57.5 Å². The zero-order valence-corrected chi connectivity index (χ0v) is 17.6. The van der Waals surface area contributed by atoms with Crippen LogP contribution in [0.15, 0.2) is 4.99 Å². The molecule has 8 heteroatoms. The maximum Gasteiger partial charge on any atom is 0.225 e. The van der Waals surface area contributed by atoms with Crippen LogP contribution in [-0.4, -0.2) is 63.8 Å². The first-order valence-corrected chi connectivity index (χ1v) is 10.8. The first kappa shape index (κ1) is 20.6. The molecule has 1 fully saturated rings. The lowest BCUT2D eigenvalue weighted by molar-refractivity contribution is -0.133. The van der Waals surface area contributed by atoms with Crippen molar-refractivity contribution in [2.75, 3.05) is 26.2 Å². The summed E-state index contributed by atoms with van der Waals surface area (Å²) in [5.74, 6) is 3.29. The SMILES string of the molecule is CCNC(=NCCc1nnc2n1CCCCC2)NC1CCN(C(=O)C(C)C)C1. The highest BCUT2D eigenvalue weighted by molar-refractivity contribution is 5.81. The van der Waals surface area contributed by atoms with Gasteiger partial charge in [-0.15, -0.1) is 10.2 Å². The van der Waals surface area contributed by atoms with Crippen LogP contribution in [0.1, 0.15) is 58.1 Å². The van der Waals surface area contributed by atoms with Crippen LogP contribution in [0.3, 0.4) is 0 Å². The summed E-state index contributed by atoms with van der Waals surface area (Å²) in [6.45, 7) is 10.1. The van der Waals surface area contributed by atoms with Crippen LogP contribution in [0.4, 0.5) is 0 Å². The van der Waals surface area contributed by atoms with E-state index in [1.165, 1.54) is 19.3 Å². The third-order valence-corrected chi connectivity index (χ3v) is 5.47. The Morgan fingerprint density at radius 1 is 1.25 bits per heavy atom. The normalized spacial score (nSPS) is 20.2. The van der Waals surface area contributed by atoms with E-state index in [9.17, 15) is 4.79 Å². The van der Waals surface area contributed by atoms with Gasteiger partial charge in [-0.05, 0) is 26.2 Å². The Morgan fingerprint density at radius 2 is 2.11 bits per heavy atom. The molecule has 0 aliphatic carbocycles. The fraction of sp³-hybridized carbons (Fsp3) is 0.800. The largest absolute Gasteiger partial charge is 0.357 e. The highest BCUT2D eigenvalue weighted by Crippen LogP contribution is 2.15. The Labute approximate surface area is 168 Å². The Bertz CT molecular complexity index is 682. The summed E-state index contributed by atoms with van der Waals surface area (Å²) in [4.78, 5) is 18.9. The number of guanidine groups is 1. The molecule has 1 atom stereocenters. The molecule has 156 valence electrons. The molecule has 1 aromatic heterocycles. The van der Waals surface area contributed by atoms with Gasteiger partial charge >= 0.3 is 0 Å². The molecule has 1 saturated heterocycles. The fourth-order valence-electron chi connectivity index (χ4n) is 3.95. The van der Waals surface area contributed by atoms with E-state index >= 15 is 0 Å². The molecule has 0 aromatic carbocycles. The topological polar surface area (TPSA) is 87.4 Å². The van der Waals surface area contributed by atoms with Crippen molar-refractivity contribution in [1.82, 2.24) is 30.3 Å². The summed E-state index contributed by atoms with van der Waals surface area (Å²) in [5.41, 5.74) is 0. The number of nitrogens with one attached hydrogen (secondary N) is 2. The Kier molecular flexibility index (Phi) is 7.28. The zero-order chi connectivity index (χ0) is 19.9. The van der Waals surface area contributed by atoms with Gasteiger partial charge in [0.05, 0.1) is 0 Å². The predicted molar refractivity (Wildman–Crippen MR) is 110 cm³/mol. The summed E-state index contributed by atoms with van der Waals surface area (Å²) in [6, 6.07) is 0.255. The highest BCUT2D eigenvalue weighted by Gasteiger charge is 2.28. The quantitative estimate of drug-likeness (QED) is 0.567. The molecule has 0 bridgehead atoms. The average Bonchev–Trinajstić information content (AvgIpc) is 3.21. The highest BCUT2D eigenvalue weighted by atomic mass is 16.2. The molecule has 1 unspecified atom stereocenters. The lowest BCUT2D eigenvalue weighted by Gasteiger charge is -2.20. The molecule has 8 nitrogen and oxygen atoms in total. The van der Waals surface area contributed by atoms with Gasteiger partial charge in [-0.25, -0.2) is 0 Å². The van der Waals surface area contributed by atoms with E-state index < -0.39 is 0 Å². The number of hydrogen-bond acceptors (Lipinski definition) is 4. The molecule has 2 aliphatic rings. The second-order valence-electron chi connectivity index (χ2n) is 8.07. The van der Waals surface area contributed by atoms with Gasteiger partial charge in [-0.3, -0.25) is 9.79 Å². The van der Waals surface area contributed by atoms with E-state index in [-0.39, 0.29) is 17.9 Å². The number of aliphatic imine (C=N–C) groups is 1. The molecule has 2 aliphatic heterocycles. The standard InChI is InChI=1S/C20H35N7O/c1-4-21-20(23-16-10-13-26(14-16)19(28)15(2)3)22-11-9-18-25-24-17-8-6-5-7-12-27(17)18/h15-16H,4-14H2,1-3H3,(H2,21,22,23). The minimum absolute atomic E-state index is 0.0546. The van der Waals surface area contributed by atoms with Crippen molar-refractivity contribution in [2.45, 2.75) is 71.9 Å². The molecule has 0 radical (unpaired) electrons. The number of nitrogens with zero attached hydrogens (tertiary/aromatic N) is 5. The van der Waals surface area contributed by atoms with E-state index in [2.05, 4.69) is 32.3 Å². The van der Waals surface area contributed by atoms with E-state index in [1.54, 1.807) is 0 Å². The maximum atomic E-state index is 12.2. The van der Waals surface area contributed by atoms with Crippen LogP contribution in [0.2, 0.25) is 0 Å². The minimum atomic E-state index is 0.0546. The van der Waals surface area contributed by atoms with Crippen LogP contribution < -0.4 is 10.6 Å². The summed E-state index contributed by atoms with van der Waals surface area (Å²) < 4.78 is 2.29. The number of carbonyl (C=O) groups is 1. The first-order valence-electron chi connectivity index (χ1n) is 10.8. The monoisotopic (exact) mass is 389 g/mol. The molecule has 2 N–H and O–H groups in total. The Hall–Kier alpha value is -2.12. The van der Waals surface area contributed by atoms with Crippen molar-refractivity contribution >= 4 is 11.9 Å². The number of fused-ring (bicyclic) bond motifs is 1. The van der Waals surface area contributed by atoms with Crippen LogP contribution in [0, 0.1) is 5.92 Å².